The summed E-state index contributed by atoms with van der Waals surface area (Å²) in [5, 5.41) is 10.3. The Morgan fingerprint density at radius 2 is 2.00 bits per heavy atom. The van der Waals surface area contributed by atoms with E-state index in [1.807, 2.05) is 42.5 Å². The third-order valence-electron chi connectivity index (χ3n) is 3.53. The number of aliphatic hydroxyl groups excluding tert-OH is 1. The van der Waals surface area contributed by atoms with Crippen LogP contribution in [0.5, 0.6) is 11.5 Å². The van der Waals surface area contributed by atoms with Gasteiger partial charge in [0.25, 0.3) is 0 Å². The van der Waals surface area contributed by atoms with Gasteiger partial charge in [-0.05, 0) is 24.3 Å². The lowest BCUT2D eigenvalue weighted by Gasteiger charge is -2.30. The maximum Gasteiger partial charge on any atom is 0.128 e. The van der Waals surface area contributed by atoms with Gasteiger partial charge in [0.2, 0.25) is 0 Å². The molecule has 2 aromatic carbocycles. The van der Waals surface area contributed by atoms with Gasteiger partial charge in [0, 0.05) is 22.0 Å². The summed E-state index contributed by atoms with van der Waals surface area (Å²) < 4.78 is 12.2. The van der Waals surface area contributed by atoms with E-state index in [0.717, 1.165) is 27.1 Å². The summed E-state index contributed by atoms with van der Waals surface area (Å²) in [6.45, 7) is 0. The molecule has 0 spiro atoms. The van der Waals surface area contributed by atoms with Crippen molar-refractivity contribution in [2.24, 2.45) is 0 Å². The highest BCUT2D eigenvalue weighted by Gasteiger charge is 2.29. The predicted octanol–water partition coefficient (Wildman–Crippen LogP) is 4.01. The standard InChI is InChI=1S/C16H15BrO3/c1-19-10-6-7-13(17)12(8-10)16-9-14(18)11-4-2-3-5-15(11)20-16/h2-8,14,16,18H,9H2,1H3/t14-,16?/m0/s1. The Hall–Kier alpha value is -1.52. The van der Waals surface area contributed by atoms with Gasteiger partial charge in [-0.2, -0.15) is 0 Å². The van der Waals surface area contributed by atoms with Crippen molar-refractivity contribution in [3.63, 3.8) is 0 Å². The molecule has 0 radical (unpaired) electrons. The molecule has 1 heterocycles. The van der Waals surface area contributed by atoms with Gasteiger partial charge in [0.15, 0.2) is 0 Å². The Morgan fingerprint density at radius 3 is 2.80 bits per heavy atom. The van der Waals surface area contributed by atoms with Crippen LogP contribution in [-0.4, -0.2) is 12.2 Å². The van der Waals surface area contributed by atoms with Gasteiger partial charge >= 0.3 is 0 Å². The number of halogens is 1. The number of methoxy groups -OCH3 is 1. The van der Waals surface area contributed by atoms with Crippen molar-refractivity contribution in [2.75, 3.05) is 7.11 Å². The molecule has 3 nitrogen and oxygen atoms in total. The average molecular weight is 335 g/mol. The second-order valence-electron chi connectivity index (χ2n) is 4.78. The van der Waals surface area contributed by atoms with E-state index in [0.29, 0.717) is 6.42 Å². The maximum absolute atomic E-state index is 10.3. The maximum atomic E-state index is 10.3. The molecule has 0 aliphatic carbocycles. The lowest BCUT2D eigenvalue weighted by molar-refractivity contribution is 0.0653. The minimum absolute atomic E-state index is 0.190. The summed E-state index contributed by atoms with van der Waals surface area (Å²) in [5.74, 6) is 1.52. The molecule has 0 amide bonds. The van der Waals surface area contributed by atoms with Crippen molar-refractivity contribution in [2.45, 2.75) is 18.6 Å². The Morgan fingerprint density at radius 1 is 1.20 bits per heavy atom. The monoisotopic (exact) mass is 334 g/mol. The fourth-order valence-electron chi connectivity index (χ4n) is 2.48. The molecule has 1 aliphatic heterocycles. The van der Waals surface area contributed by atoms with Crippen LogP contribution in [0.3, 0.4) is 0 Å². The zero-order valence-electron chi connectivity index (χ0n) is 11.0. The van der Waals surface area contributed by atoms with Crippen LogP contribution < -0.4 is 9.47 Å². The van der Waals surface area contributed by atoms with Crippen LogP contribution in [0.4, 0.5) is 0 Å². The molecular formula is C16H15BrO3. The number of benzene rings is 2. The van der Waals surface area contributed by atoms with Gasteiger partial charge in [0.05, 0.1) is 13.2 Å². The number of fused-ring (bicyclic) bond motifs is 1. The van der Waals surface area contributed by atoms with E-state index in [-0.39, 0.29) is 6.10 Å². The molecule has 1 unspecified atom stereocenters. The van der Waals surface area contributed by atoms with E-state index in [2.05, 4.69) is 15.9 Å². The Bertz CT molecular complexity index is 627. The lowest BCUT2D eigenvalue weighted by atomic mass is 9.95. The molecular weight excluding hydrogens is 320 g/mol. The van der Waals surface area contributed by atoms with Gasteiger partial charge in [-0.1, -0.05) is 34.1 Å². The molecule has 2 aromatic rings. The molecule has 2 atom stereocenters. The summed E-state index contributed by atoms with van der Waals surface area (Å²) >= 11 is 3.54. The largest absolute Gasteiger partial charge is 0.497 e. The van der Waals surface area contributed by atoms with E-state index in [4.69, 9.17) is 9.47 Å². The molecule has 0 saturated carbocycles. The van der Waals surface area contributed by atoms with E-state index < -0.39 is 6.10 Å². The third-order valence-corrected chi connectivity index (χ3v) is 4.26. The highest BCUT2D eigenvalue weighted by atomic mass is 79.9. The first kappa shape index (κ1) is 13.5. The smallest absolute Gasteiger partial charge is 0.128 e. The van der Waals surface area contributed by atoms with Crippen molar-refractivity contribution < 1.29 is 14.6 Å². The Balaban J connectivity index is 1.97. The average Bonchev–Trinajstić information content (AvgIpc) is 2.48. The van der Waals surface area contributed by atoms with Gasteiger partial charge in [-0.15, -0.1) is 0 Å². The Labute approximate surface area is 126 Å². The highest BCUT2D eigenvalue weighted by molar-refractivity contribution is 9.10. The van der Waals surface area contributed by atoms with E-state index in [1.54, 1.807) is 7.11 Å². The van der Waals surface area contributed by atoms with Crippen molar-refractivity contribution in [1.29, 1.82) is 0 Å². The Kier molecular flexibility index (Phi) is 3.68. The van der Waals surface area contributed by atoms with Gasteiger partial charge in [-0.25, -0.2) is 0 Å². The number of rotatable bonds is 2. The van der Waals surface area contributed by atoms with Crippen LogP contribution in [0.1, 0.15) is 29.8 Å². The summed E-state index contributed by atoms with van der Waals surface area (Å²) in [6.07, 6.45) is -0.171. The van der Waals surface area contributed by atoms with Crippen LogP contribution in [0, 0.1) is 0 Å². The molecule has 1 N–H and O–H groups in total. The first-order chi connectivity index (χ1) is 9.69. The second-order valence-corrected chi connectivity index (χ2v) is 5.64. The van der Waals surface area contributed by atoms with Crippen LogP contribution in [-0.2, 0) is 0 Å². The van der Waals surface area contributed by atoms with Crippen molar-refractivity contribution >= 4 is 15.9 Å². The second kappa shape index (κ2) is 5.46. The molecule has 0 saturated heterocycles. The number of aliphatic hydroxyl groups is 1. The van der Waals surface area contributed by atoms with Crippen LogP contribution in [0.2, 0.25) is 0 Å². The highest BCUT2D eigenvalue weighted by Crippen LogP contribution is 2.42. The van der Waals surface area contributed by atoms with Crippen molar-refractivity contribution in [1.82, 2.24) is 0 Å². The minimum atomic E-state index is -0.511. The topological polar surface area (TPSA) is 38.7 Å². The van der Waals surface area contributed by atoms with E-state index >= 15 is 0 Å². The van der Waals surface area contributed by atoms with Gasteiger partial charge < -0.3 is 14.6 Å². The van der Waals surface area contributed by atoms with E-state index in [9.17, 15) is 5.11 Å². The number of hydrogen-bond acceptors (Lipinski definition) is 3. The zero-order chi connectivity index (χ0) is 14.1. The van der Waals surface area contributed by atoms with Crippen LogP contribution in [0.25, 0.3) is 0 Å². The summed E-state index contributed by atoms with van der Waals surface area (Å²) in [7, 11) is 1.64. The first-order valence-corrected chi connectivity index (χ1v) is 7.25. The summed E-state index contributed by atoms with van der Waals surface area (Å²) in [6, 6.07) is 13.4. The SMILES string of the molecule is COc1ccc(Br)c(C2C[C@H](O)c3ccccc3O2)c1. The molecule has 4 heteroatoms. The molecule has 0 fully saturated rings. The number of ether oxygens (including phenoxy) is 2. The van der Waals surface area contributed by atoms with Crippen LogP contribution in [0.15, 0.2) is 46.9 Å². The van der Waals surface area contributed by atoms with Crippen LogP contribution >= 0.6 is 15.9 Å². The lowest BCUT2D eigenvalue weighted by Crippen LogP contribution is -2.19. The van der Waals surface area contributed by atoms with Gasteiger partial charge in [0.1, 0.15) is 17.6 Å². The molecule has 3 rings (SSSR count). The summed E-state index contributed by atoms with van der Waals surface area (Å²) in [5.41, 5.74) is 1.83. The van der Waals surface area contributed by atoms with Crippen molar-refractivity contribution in [3.8, 4) is 11.5 Å². The normalized spacial score (nSPS) is 20.9. The molecule has 0 bridgehead atoms. The number of hydrogen-bond donors (Lipinski definition) is 1. The molecule has 0 aromatic heterocycles. The fraction of sp³-hybridized carbons (Fsp3) is 0.250. The molecule has 1 aliphatic rings. The van der Waals surface area contributed by atoms with Crippen molar-refractivity contribution in [3.05, 3.63) is 58.1 Å². The van der Waals surface area contributed by atoms with Gasteiger partial charge in [-0.3, -0.25) is 0 Å². The summed E-state index contributed by atoms with van der Waals surface area (Å²) in [4.78, 5) is 0. The first-order valence-electron chi connectivity index (χ1n) is 6.46. The molecule has 20 heavy (non-hydrogen) atoms. The third kappa shape index (κ3) is 2.41. The fourth-order valence-corrected chi connectivity index (χ4v) is 2.98. The number of para-hydroxylation sites is 1. The quantitative estimate of drug-likeness (QED) is 0.901. The predicted molar refractivity (Wildman–Crippen MR) is 80.1 cm³/mol. The minimum Gasteiger partial charge on any atom is -0.497 e. The van der Waals surface area contributed by atoms with E-state index in [1.165, 1.54) is 0 Å². The molecule has 104 valence electrons. The zero-order valence-corrected chi connectivity index (χ0v) is 12.6.